The van der Waals surface area contributed by atoms with Crippen LogP contribution in [-0.2, 0) is 11.0 Å². The van der Waals surface area contributed by atoms with Crippen LogP contribution in [0, 0.1) is 6.92 Å². The van der Waals surface area contributed by atoms with Crippen molar-refractivity contribution in [3.63, 3.8) is 0 Å². The number of fused-ring (bicyclic) bond motifs is 1. The Morgan fingerprint density at radius 1 is 0.698 bits per heavy atom. The van der Waals surface area contributed by atoms with Gasteiger partial charge in [-0.15, -0.1) is 0 Å². The molecule has 3 heteroatoms. The number of anilines is 1. The van der Waals surface area contributed by atoms with Crippen LogP contribution < -0.4 is 21.2 Å². The molecule has 6 aromatic rings. The number of allylic oxidation sites excluding steroid dienone is 1. The normalized spacial score (nSPS) is 11.7. The lowest BCUT2D eigenvalue weighted by Crippen LogP contribution is -2.26. The van der Waals surface area contributed by atoms with Gasteiger partial charge in [-0.1, -0.05) is 140 Å². The summed E-state index contributed by atoms with van der Waals surface area (Å²) in [6.45, 7) is 4.23. The molecule has 0 unspecified atom stereocenters. The monoisotopic (exact) mass is 577 g/mol. The first-order chi connectivity index (χ1) is 21.1. The molecule has 6 rings (SSSR count). The number of hydrogen-bond donors (Lipinski definition) is 1. The van der Waals surface area contributed by atoms with E-state index in [1.807, 2.05) is 74.6 Å². The number of hydrogen-bond acceptors (Lipinski definition) is 2. The number of benzene rings is 6. The van der Waals surface area contributed by atoms with Crippen LogP contribution in [0.25, 0.3) is 28.0 Å². The van der Waals surface area contributed by atoms with Crippen molar-refractivity contribution in [3.8, 4) is 11.1 Å². The second kappa shape index (κ2) is 12.3. The van der Waals surface area contributed by atoms with Crippen molar-refractivity contribution >= 4 is 45.6 Å². The predicted molar refractivity (Wildman–Crippen MR) is 187 cm³/mol. The van der Waals surface area contributed by atoms with Gasteiger partial charge in [-0.25, -0.2) is 0 Å². The lowest BCUT2D eigenvalue weighted by atomic mass is 9.87. The van der Waals surface area contributed by atoms with Gasteiger partial charge in [-0.2, -0.15) is 0 Å². The Morgan fingerprint density at radius 2 is 1.26 bits per heavy atom. The summed E-state index contributed by atoms with van der Waals surface area (Å²) in [7, 11) is -1.24. The Balaban J connectivity index is 1.74. The molecule has 212 valence electrons. The van der Waals surface area contributed by atoms with E-state index in [1.54, 1.807) is 0 Å². The Kier molecular flexibility index (Phi) is 8.14. The van der Waals surface area contributed by atoms with Crippen molar-refractivity contribution in [2.24, 2.45) is 0 Å². The second-order valence-electron chi connectivity index (χ2n) is 10.9. The molecule has 6 aromatic carbocycles. The number of nitrogens with one attached hydrogen (secondary N) is 1. The highest BCUT2D eigenvalue weighted by Crippen LogP contribution is 2.48. The molecule has 1 N–H and O–H groups in total. The van der Waals surface area contributed by atoms with Crippen LogP contribution >= 0.6 is 7.14 Å². The van der Waals surface area contributed by atoms with E-state index in [2.05, 4.69) is 97.2 Å². The zero-order chi connectivity index (χ0) is 29.8. The second-order valence-corrected chi connectivity index (χ2v) is 13.6. The molecule has 0 aliphatic heterocycles. The Bertz CT molecular complexity index is 1920. The Morgan fingerprint density at radius 3 is 1.84 bits per heavy atom. The lowest BCUT2D eigenvalue weighted by molar-refractivity contribution is 0.592. The van der Waals surface area contributed by atoms with Crippen LogP contribution in [0.1, 0.15) is 29.2 Å². The third-order valence-electron chi connectivity index (χ3n) is 8.29. The molecule has 0 spiro atoms. The SMILES string of the molecule is C/C=C\c1ccc(-c2c(Cc3ccccc3)cc(P(=O)(c3ccccc3)c3ccccc3)c3ccccc23)c(NC)c1C. The van der Waals surface area contributed by atoms with Crippen molar-refractivity contribution in [2.75, 3.05) is 12.4 Å². The van der Waals surface area contributed by atoms with Crippen LogP contribution in [0.5, 0.6) is 0 Å². The molecule has 0 aliphatic rings. The first-order valence-electron chi connectivity index (χ1n) is 14.8. The van der Waals surface area contributed by atoms with Gasteiger partial charge in [0.25, 0.3) is 0 Å². The highest BCUT2D eigenvalue weighted by atomic mass is 31.2. The van der Waals surface area contributed by atoms with Gasteiger partial charge in [0.2, 0.25) is 0 Å². The highest BCUT2D eigenvalue weighted by molar-refractivity contribution is 7.85. The van der Waals surface area contributed by atoms with Gasteiger partial charge in [0, 0.05) is 34.2 Å². The van der Waals surface area contributed by atoms with E-state index in [-0.39, 0.29) is 0 Å². The third-order valence-corrected chi connectivity index (χ3v) is 11.4. The van der Waals surface area contributed by atoms with E-state index < -0.39 is 7.14 Å². The van der Waals surface area contributed by atoms with E-state index in [0.29, 0.717) is 0 Å². The summed E-state index contributed by atoms with van der Waals surface area (Å²) in [4.78, 5) is 0. The van der Waals surface area contributed by atoms with Gasteiger partial charge in [0.1, 0.15) is 0 Å². The summed E-state index contributed by atoms with van der Waals surface area (Å²) in [6.07, 6.45) is 4.95. The van der Waals surface area contributed by atoms with Crippen LogP contribution in [0.4, 0.5) is 5.69 Å². The molecular formula is C40H36NOP. The zero-order valence-corrected chi connectivity index (χ0v) is 25.8. The minimum absolute atomic E-state index is 0.719. The summed E-state index contributed by atoms with van der Waals surface area (Å²) in [5.74, 6) is 0. The molecule has 0 saturated heterocycles. The fourth-order valence-corrected chi connectivity index (χ4v) is 9.18. The van der Waals surface area contributed by atoms with Gasteiger partial charge < -0.3 is 9.88 Å². The van der Waals surface area contributed by atoms with Crippen LogP contribution in [-0.4, -0.2) is 7.05 Å². The average molecular weight is 578 g/mol. The maximum Gasteiger partial charge on any atom is 0.171 e. The predicted octanol–water partition coefficient (Wildman–Crippen LogP) is 9.12. The summed E-state index contributed by atoms with van der Waals surface area (Å²) in [6, 6.07) is 45.7. The van der Waals surface area contributed by atoms with Crippen molar-refractivity contribution < 1.29 is 4.57 Å². The molecule has 0 bridgehead atoms. The smallest absolute Gasteiger partial charge is 0.171 e. The average Bonchev–Trinajstić information content (AvgIpc) is 3.06. The van der Waals surface area contributed by atoms with Crippen molar-refractivity contribution in [3.05, 3.63) is 162 Å². The van der Waals surface area contributed by atoms with Crippen LogP contribution in [0.15, 0.2) is 140 Å². The first kappa shape index (κ1) is 28.5. The first-order valence-corrected chi connectivity index (χ1v) is 16.5. The van der Waals surface area contributed by atoms with Gasteiger partial charge in [0.15, 0.2) is 7.14 Å². The molecular weight excluding hydrogens is 541 g/mol. The number of rotatable bonds is 8. The molecule has 43 heavy (non-hydrogen) atoms. The summed E-state index contributed by atoms with van der Waals surface area (Å²) < 4.78 is 15.8. The summed E-state index contributed by atoms with van der Waals surface area (Å²) >= 11 is 0. The molecule has 0 heterocycles. The zero-order valence-electron chi connectivity index (χ0n) is 24.9. The molecule has 0 radical (unpaired) electrons. The minimum atomic E-state index is -3.24. The van der Waals surface area contributed by atoms with Gasteiger partial charge in [-0.05, 0) is 64.9 Å². The van der Waals surface area contributed by atoms with Gasteiger partial charge >= 0.3 is 0 Å². The molecule has 2 nitrogen and oxygen atoms in total. The van der Waals surface area contributed by atoms with Crippen LogP contribution in [0.3, 0.4) is 0 Å². The maximum atomic E-state index is 15.8. The van der Waals surface area contributed by atoms with Crippen molar-refractivity contribution in [1.82, 2.24) is 0 Å². The molecule has 0 aromatic heterocycles. The fraction of sp³-hybridized carbons (Fsp3) is 0.100. The molecule has 0 aliphatic carbocycles. The van der Waals surface area contributed by atoms with Crippen molar-refractivity contribution in [2.45, 2.75) is 20.3 Å². The summed E-state index contributed by atoms with van der Waals surface area (Å²) in [5, 5.41) is 8.20. The fourth-order valence-electron chi connectivity index (χ4n) is 6.27. The van der Waals surface area contributed by atoms with E-state index >= 15 is 4.57 Å². The van der Waals surface area contributed by atoms with Crippen LogP contribution in [0.2, 0.25) is 0 Å². The Hall–Kier alpha value is -4.65. The minimum Gasteiger partial charge on any atom is -0.387 e. The van der Waals surface area contributed by atoms with Crippen molar-refractivity contribution in [1.29, 1.82) is 0 Å². The maximum absolute atomic E-state index is 15.8. The van der Waals surface area contributed by atoms with Gasteiger partial charge in [-0.3, -0.25) is 0 Å². The third kappa shape index (κ3) is 5.24. The largest absolute Gasteiger partial charge is 0.387 e. The van der Waals surface area contributed by atoms with Gasteiger partial charge in [0.05, 0.1) is 0 Å². The lowest BCUT2D eigenvalue weighted by Gasteiger charge is -2.26. The van der Waals surface area contributed by atoms with E-state index in [1.165, 1.54) is 22.3 Å². The Labute approximate surface area is 255 Å². The quantitative estimate of drug-likeness (QED) is 0.183. The highest BCUT2D eigenvalue weighted by Gasteiger charge is 2.33. The topological polar surface area (TPSA) is 29.1 Å². The molecule has 0 fully saturated rings. The molecule has 0 saturated carbocycles. The molecule has 0 amide bonds. The van der Waals surface area contributed by atoms with E-state index in [4.69, 9.17) is 0 Å². The van der Waals surface area contributed by atoms with E-state index in [0.717, 1.165) is 49.9 Å². The van der Waals surface area contributed by atoms with E-state index in [9.17, 15) is 0 Å². The summed E-state index contributed by atoms with van der Waals surface area (Å²) in [5.41, 5.74) is 8.20. The molecule has 0 atom stereocenters. The standard InChI is InChI=1S/C40H36NOP/c1-4-16-31-25-26-37(40(41-3)29(31)2)39-32(27-30-17-8-5-9-18-30)28-38(35-23-14-15-24-36(35)39)43(42,33-19-10-6-11-20-33)34-21-12-7-13-22-34/h4-26,28,41H,27H2,1-3H3/b16-4-.